The summed E-state index contributed by atoms with van der Waals surface area (Å²) in [7, 11) is 0. The smallest absolute Gasteiger partial charge is 0.393 e. The van der Waals surface area contributed by atoms with Crippen LogP contribution in [0.25, 0.3) is 0 Å². The summed E-state index contributed by atoms with van der Waals surface area (Å²) in [6.07, 6.45) is -4.80. The number of benzene rings is 1. The zero-order chi connectivity index (χ0) is 15.5. The average Bonchev–Trinajstić information content (AvgIpc) is 2.26. The average molecular weight is 354 g/mol. The van der Waals surface area contributed by atoms with Gasteiger partial charge in [-0.3, -0.25) is 4.79 Å². The van der Waals surface area contributed by atoms with E-state index < -0.39 is 23.8 Å². The Hall–Kier alpha value is -1.08. The molecular formula is C13H15BrF3NO2. The first-order chi connectivity index (χ1) is 9.11. The molecule has 7 heteroatoms. The van der Waals surface area contributed by atoms with E-state index >= 15 is 0 Å². The van der Waals surface area contributed by atoms with Crippen molar-refractivity contribution in [2.45, 2.75) is 38.6 Å². The van der Waals surface area contributed by atoms with Crippen LogP contribution in [0.2, 0.25) is 0 Å². The zero-order valence-electron chi connectivity index (χ0n) is 11.0. The number of amides is 1. The van der Waals surface area contributed by atoms with E-state index in [-0.39, 0.29) is 16.1 Å². The van der Waals surface area contributed by atoms with Crippen LogP contribution < -0.4 is 5.32 Å². The van der Waals surface area contributed by atoms with Crippen LogP contribution in [-0.4, -0.2) is 23.2 Å². The van der Waals surface area contributed by atoms with E-state index in [1.807, 2.05) is 0 Å². The van der Waals surface area contributed by atoms with E-state index in [2.05, 4.69) is 21.2 Å². The van der Waals surface area contributed by atoms with Crippen molar-refractivity contribution in [1.82, 2.24) is 5.32 Å². The third-order valence-corrected chi connectivity index (χ3v) is 3.30. The Balaban J connectivity index is 2.89. The van der Waals surface area contributed by atoms with Gasteiger partial charge < -0.3 is 10.4 Å². The molecule has 1 aromatic carbocycles. The lowest BCUT2D eigenvalue weighted by molar-refractivity contribution is -0.138. The van der Waals surface area contributed by atoms with Gasteiger partial charge in [0.25, 0.3) is 5.91 Å². The molecule has 2 N–H and O–H groups in total. The highest BCUT2D eigenvalue weighted by atomic mass is 79.9. The van der Waals surface area contributed by atoms with Gasteiger partial charge in [-0.2, -0.15) is 13.2 Å². The molecule has 0 radical (unpaired) electrons. The van der Waals surface area contributed by atoms with E-state index in [9.17, 15) is 23.1 Å². The summed E-state index contributed by atoms with van der Waals surface area (Å²) in [5.41, 5.74) is -0.966. The third-order valence-electron chi connectivity index (χ3n) is 2.61. The van der Waals surface area contributed by atoms with Gasteiger partial charge in [-0.1, -0.05) is 15.9 Å². The fraction of sp³-hybridized carbons (Fsp3) is 0.462. The molecule has 1 aromatic rings. The summed E-state index contributed by atoms with van der Waals surface area (Å²) in [6.45, 7) is 3.25. The van der Waals surface area contributed by atoms with Crippen LogP contribution in [0.5, 0.6) is 0 Å². The molecule has 0 fully saturated rings. The summed E-state index contributed by atoms with van der Waals surface area (Å²) in [5.74, 6) is -0.601. The van der Waals surface area contributed by atoms with Crippen molar-refractivity contribution in [3.05, 3.63) is 33.8 Å². The van der Waals surface area contributed by atoms with Crippen LogP contribution in [0.3, 0.4) is 0 Å². The van der Waals surface area contributed by atoms with Crippen molar-refractivity contribution in [2.24, 2.45) is 0 Å². The van der Waals surface area contributed by atoms with Crippen molar-refractivity contribution in [2.75, 3.05) is 0 Å². The minimum Gasteiger partial charge on any atom is -0.393 e. The predicted octanol–water partition coefficient (Wildman–Crippen LogP) is 3.36. The van der Waals surface area contributed by atoms with E-state index in [0.29, 0.717) is 6.42 Å². The first kappa shape index (κ1) is 17.0. The van der Waals surface area contributed by atoms with Crippen molar-refractivity contribution < 1.29 is 23.1 Å². The van der Waals surface area contributed by atoms with E-state index in [1.165, 1.54) is 12.1 Å². The first-order valence-electron chi connectivity index (χ1n) is 5.97. The Kier molecular flexibility index (Phi) is 5.59. The van der Waals surface area contributed by atoms with Gasteiger partial charge in [0, 0.05) is 16.1 Å². The molecule has 0 bridgehead atoms. The van der Waals surface area contributed by atoms with Crippen LogP contribution in [0.1, 0.15) is 36.2 Å². The molecule has 0 aromatic heterocycles. The Morgan fingerprint density at radius 1 is 1.40 bits per heavy atom. The van der Waals surface area contributed by atoms with Gasteiger partial charge in [0.1, 0.15) is 0 Å². The van der Waals surface area contributed by atoms with E-state index in [1.54, 1.807) is 13.8 Å². The summed E-state index contributed by atoms with van der Waals surface area (Å²) in [6, 6.07) is 2.97. The normalized spacial score (nSPS) is 14.8. The number of hydrogen-bond donors (Lipinski definition) is 2. The SMILES string of the molecule is CC(O)CC(C)NC(=O)c1ccc(Br)c(C(F)(F)F)c1. The predicted molar refractivity (Wildman–Crippen MR) is 72.4 cm³/mol. The van der Waals surface area contributed by atoms with Crippen LogP contribution in [-0.2, 0) is 6.18 Å². The van der Waals surface area contributed by atoms with Gasteiger partial charge in [0.05, 0.1) is 11.7 Å². The number of aliphatic hydroxyl groups is 1. The van der Waals surface area contributed by atoms with Gasteiger partial charge in [0.2, 0.25) is 0 Å². The molecule has 0 spiro atoms. The maximum atomic E-state index is 12.7. The number of alkyl halides is 3. The molecule has 0 aliphatic rings. The van der Waals surface area contributed by atoms with Gasteiger partial charge in [-0.15, -0.1) is 0 Å². The van der Waals surface area contributed by atoms with E-state index in [4.69, 9.17) is 0 Å². The van der Waals surface area contributed by atoms with E-state index in [0.717, 1.165) is 6.07 Å². The highest BCUT2D eigenvalue weighted by Crippen LogP contribution is 2.35. The third kappa shape index (κ3) is 4.79. The second-order valence-corrected chi connectivity index (χ2v) is 5.51. The number of carbonyl (C=O) groups is 1. The van der Waals surface area contributed by atoms with Gasteiger partial charge in [-0.05, 0) is 38.5 Å². The number of carbonyl (C=O) groups excluding carboxylic acids is 1. The molecule has 112 valence electrons. The first-order valence-corrected chi connectivity index (χ1v) is 6.76. The lowest BCUT2D eigenvalue weighted by Crippen LogP contribution is -2.34. The maximum Gasteiger partial charge on any atom is 0.417 e. The van der Waals surface area contributed by atoms with Crippen LogP contribution in [0.4, 0.5) is 13.2 Å². The Morgan fingerprint density at radius 2 is 2.00 bits per heavy atom. The molecule has 1 amide bonds. The minimum absolute atomic E-state index is 0.0713. The van der Waals surface area contributed by atoms with Crippen molar-refractivity contribution >= 4 is 21.8 Å². The molecule has 1 rings (SSSR count). The highest BCUT2D eigenvalue weighted by molar-refractivity contribution is 9.10. The lowest BCUT2D eigenvalue weighted by Gasteiger charge is -2.16. The quantitative estimate of drug-likeness (QED) is 0.871. The maximum absolute atomic E-state index is 12.7. The standard InChI is InChI=1S/C13H15BrF3NO2/c1-7(5-8(2)19)18-12(20)9-3-4-11(14)10(6-9)13(15,16)17/h3-4,6-8,19H,5H2,1-2H3,(H,18,20). The lowest BCUT2D eigenvalue weighted by atomic mass is 10.1. The second kappa shape index (κ2) is 6.58. The monoisotopic (exact) mass is 353 g/mol. The second-order valence-electron chi connectivity index (χ2n) is 4.65. The van der Waals surface area contributed by atoms with Crippen molar-refractivity contribution in [3.8, 4) is 0 Å². The van der Waals surface area contributed by atoms with Gasteiger partial charge in [-0.25, -0.2) is 0 Å². The topological polar surface area (TPSA) is 49.3 Å². The number of hydrogen-bond acceptors (Lipinski definition) is 2. The fourth-order valence-corrected chi connectivity index (χ4v) is 2.23. The van der Waals surface area contributed by atoms with Crippen LogP contribution in [0.15, 0.2) is 22.7 Å². The largest absolute Gasteiger partial charge is 0.417 e. The number of halogens is 4. The molecule has 0 saturated heterocycles. The van der Waals surface area contributed by atoms with Gasteiger partial charge in [0.15, 0.2) is 0 Å². The zero-order valence-corrected chi connectivity index (χ0v) is 12.5. The Bertz CT molecular complexity index is 489. The molecule has 0 aliphatic heterocycles. The molecule has 0 aliphatic carbocycles. The van der Waals surface area contributed by atoms with Crippen molar-refractivity contribution in [3.63, 3.8) is 0 Å². The molecule has 2 unspecified atom stereocenters. The van der Waals surface area contributed by atoms with Gasteiger partial charge >= 0.3 is 6.18 Å². The minimum atomic E-state index is -4.53. The molecule has 0 heterocycles. The van der Waals surface area contributed by atoms with Crippen LogP contribution in [0, 0.1) is 0 Å². The number of nitrogens with one attached hydrogen (secondary N) is 1. The summed E-state index contributed by atoms with van der Waals surface area (Å²) in [4.78, 5) is 11.9. The molecule has 2 atom stereocenters. The van der Waals surface area contributed by atoms with Crippen LogP contribution >= 0.6 is 15.9 Å². The highest BCUT2D eigenvalue weighted by Gasteiger charge is 2.33. The molecule has 0 saturated carbocycles. The Morgan fingerprint density at radius 3 is 2.50 bits per heavy atom. The number of aliphatic hydroxyl groups excluding tert-OH is 1. The van der Waals surface area contributed by atoms with Crippen molar-refractivity contribution in [1.29, 1.82) is 0 Å². The fourth-order valence-electron chi connectivity index (χ4n) is 1.76. The molecule has 3 nitrogen and oxygen atoms in total. The molecule has 20 heavy (non-hydrogen) atoms. The summed E-state index contributed by atoms with van der Waals surface area (Å²) >= 11 is 2.81. The summed E-state index contributed by atoms with van der Waals surface area (Å²) in [5, 5.41) is 11.7. The Labute approximate surface area is 123 Å². The summed E-state index contributed by atoms with van der Waals surface area (Å²) < 4.78 is 38.1. The number of rotatable bonds is 4. The molecular weight excluding hydrogens is 339 g/mol.